The van der Waals surface area contributed by atoms with E-state index in [0.717, 1.165) is 11.6 Å². The Labute approximate surface area is 188 Å². The van der Waals surface area contributed by atoms with E-state index >= 15 is 0 Å². The topological polar surface area (TPSA) is 120 Å². The van der Waals surface area contributed by atoms with Gasteiger partial charge in [-0.1, -0.05) is 12.1 Å². The Morgan fingerprint density at radius 3 is 2.58 bits per heavy atom. The van der Waals surface area contributed by atoms with Gasteiger partial charge < -0.3 is 20.4 Å². The van der Waals surface area contributed by atoms with Crippen molar-refractivity contribution in [3.05, 3.63) is 90.0 Å². The first kappa shape index (κ1) is 21.6. The molecule has 0 unspecified atom stereocenters. The third kappa shape index (κ3) is 5.34. The molecule has 165 valence electrons. The molecule has 33 heavy (non-hydrogen) atoms. The molecule has 0 spiro atoms. The van der Waals surface area contributed by atoms with E-state index in [2.05, 4.69) is 20.6 Å². The number of aryl methyl sites for hydroxylation is 1. The van der Waals surface area contributed by atoms with Gasteiger partial charge in [0.05, 0.1) is 22.6 Å². The number of urea groups is 1. The molecule has 4 aromatic rings. The van der Waals surface area contributed by atoms with Gasteiger partial charge in [0.15, 0.2) is 0 Å². The highest BCUT2D eigenvalue weighted by atomic mass is 19.1. The number of nitrogens with one attached hydrogen (secondary N) is 4. The van der Waals surface area contributed by atoms with Crippen LogP contribution in [0.3, 0.4) is 0 Å². The number of benzene rings is 2. The second kappa shape index (κ2) is 9.23. The van der Waals surface area contributed by atoms with Gasteiger partial charge in [-0.05, 0) is 48.9 Å². The predicted octanol–water partition coefficient (Wildman–Crippen LogP) is 5.38. The number of hydrogen-bond donors (Lipinski definition) is 3. The zero-order chi connectivity index (χ0) is 23.4. The Bertz CT molecular complexity index is 1340. The third-order valence-electron chi connectivity index (χ3n) is 4.65. The number of pyridine rings is 1. The van der Waals surface area contributed by atoms with E-state index in [4.69, 9.17) is 10.5 Å². The summed E-state index contributed by atoms with van der Waals surface area (Å²) in [7, 11) is 0. The number of H-pyrrole nitrogens is 1. The predicted molar refractivity (Wildman–Crippen MR) is 122 cm³/mol. The smallest absolute Gasteiger partial charge is 0.323 e. The fraction of sp³-hybridized carbons (Fsp3) is 0.0417. The minimum Gasteiger partial charge on any atom is -0.457 e. The molecule has 2 heterocycles. The number of nitrogens with zero attached hydrogens (tertiary/aromatic N) is 1. The van der Waals surface area contributed by atoms with E-state index in [0.29, 0.717) is 22.8 Å². The molecule has 0 fully saturated rings. The van der Waals surface area contributed by atoms with Crippen molar-refractivity contribution in [1.82, 2.24) is 15.7 Å². The summed E-state index contributed by atoms with van der Waals surface area (Å²) >= 11 is 0. The van der Waals surface area contributed by atoms with Crippen LogP contribution >= 0.6 is 0 Å². The van der Waals surface area contributed by atoms with Gasteiger partial charge in [-0.25, -0.2) is 9.18 Å². The van der Waals surface area contributed by atoms with Crippen LogP contribution in [0.1, 0.15) is 15.9 Å². The summed E-state index contributed by atoms with van der Waals surface area (Å²) in [5.74, 6) is -0.848. The lowest BCUT2D eigenvalue weighted by Gasteiger charge is -2.11. The maximum atomic E-state index is 14.5. The van der Waals surface area contributed by atoms with Crippen LogP contribution in [0.2, 0.25) is 0 Å². The molecule has 0 atom stereocenters. The molecule has 0 aliphatic heterocycles. The summed E-state index contributed by atoms with van der Waals surface area (Å²) in [4.78, 5) is 30.4. The summed E-state index contributed by atoms with van der Waals surface area (Å²) < 4.78 is 20.3. The van der Waals surface area contributed by atoms with Crippen LogP contribution in [-0.4, -0.2) is 21.9 Å². The first-order chi connectivity index (χ1) is 15.9. The second-order valence-corrected chi connectivity index (χ2v) is 7.20. The van der Waals surface area contributed by atoms with Crippen LogP contribution in [0.15, 0.2) is 73.1 Å². The van der Waals surface area contributed by atoms with Crippen LogP contribution < -0.4 is 21.1 Å². The Morgan fingerprint density at radius 1 is 1.03 bits per heavy atom. The summed E-state index contributed by atoms with van der Waals surface area (Å²) in [6.45, 7) is 1.90. The number of hydrogen-bond acceptors (Lipinski definition) is 4. The Kier molecular flexibility index (Phi) is 6.03. The van der Waals surface area contributed by atoms with E-state index in [9.17, 15) is 14.0 Å². The van der Waals surface area contributed by atoms with Crippen molar-refractivity contribution in [1.29, 1.82) is 0 Å². The van der Waals surface area contributed by atoms with Gasteiger partial charge in [0, 0.05) is 30.2 Å². The van der Waals surface area contributed by atoms with Crippen LogP contribution in [0.25, 0.3) is 11.4 Å². The van der Waals surface area contributed by atoms with E-state index in [1.165, 1.54) is 30.6 Å². The normalized spacial score (nSPS) is 10.5. The minimum absolute atomic E-state index is 0.00176. The average molecular weight is 444 g/mol. The fourth-order valence-electron chi connectivity index (χ4n) is 3.10. The number of rotatable bonds is 6. The third-order valence-corrected chi connectivity index (χ3v) is 4.65. The molecule has 4 N–H and O–H groups in total. The summed E-state index contributed by atoms with van der Waals surface area (Å²) in [6.07, 6.45) is 2.94. The molecule has 0 saturated carbocycles. The lowest BCUT2D eigenvalue weighted by atomic mass is 10.2. The van der Waals surface area contributed by atoms with Crippen molar-refractivity contribution in [3.63, 3.8) is 0 Å². The minimum atomic E-state index is -0.804. The van der Waals surface area contributed by atoms with Crippen molar-refractivity contribution in [2.24, 2.45) is 0 Å². The number of amides is 3. The monoisotopic (exact) mass is 444 g/mol. The summed E-state index contributed by atoms with van der Waals surface area (Å²) in [6, 6.07) is 15.5. The largest absolute Gasteiger partial charge is 0.457 e. The van der Waals surface area contributed by atoms with Crippen molar-refractivity contribution in [3.8, 4) is 22.9 Å². The number of aromatic amines is 1. The molecule has 0 aliphatic carbocycles. The molecule has 1 radical (unpaired) electrons. The molecule has 4 rings (SSSR count). The van der Waals surface area contributed by atoms with Gasteiger partial charge in [0.25, 0.3) is 5.91 Å². The van der Waals surface area contributed by atoms with Crippen molar-refractivity contribution in [2.75, 3.05) is 10.6 Å². The van der Waals surface area contributed by atoms with Gasteiger partial charge in [-0.3, -0.25) is 15.5 Å². The number of carbonyl (C=O) groups excluding carboxylic acids is 2. The maximum absolute atomic E-state index is 14.5. The van der Waals surface area contributed by atoms with Crippen molar-refractivity contribution < 1.29 is 18.7 Å². The van der Waals surface area contributed by atoms with E-state index in [-0.39, 0.29) is 17.0 Å². The number of ether oxygens (including phenoxy) is 1. The van der Waals surface area contributed by atoms with Crippen LogP contribution in [0.4, 0.5) is 20.6 Å². The number of aromatic nitrogens is 2. The van der Waals surface area contributed by atoms with E-state index in [1.807, 2.05) is 19.1 Å². The molecule has 0 saturated heterocycles. The average Bonchev–Trinajstić information content (AvgIpc) is 3.27. The van der Waals surface area contributed by atoms with E-state index < -0.39 is 17.8 Å². The van der Waals surface area contributed by atoms with Gasteiger partial charge in [0.2, 0.25) is 0 Å². The number of carbonyl (C=O) groups is 2. The number of halogens is 1. The Morgan fingerprint density at radius 2 is 1.85 bits per heavy atom. The molecule has 3 amide bonds. The van der Waals surface area contributed by atoms with Gasteiger partial charge in [-0.2, -0.15) is 0 Å². The van der Waals surface area contributed by atoms with Gasteiger partial charge in [-0.15, -0.1) is 0 Å². The van der Waals surface area contributed by atoms with Gasteiger partial charge in [0.1, 0.15) is 17.3 Å². The molecule has 2 aromatic carbocycles. The zero-order valence-corrected chi connectivity index (χ0v) is 17.5. The van der Waals surface area contributed by atoms with Crippen molar-refractivity contribution in [2.45, 2.75) is 6.92 Å². The zero-order valence-electron chi connectivity index (χ0n) is 17.5. The molecule has 0 aliphatic rings. The quantitative estimate of drug-likeness (QED) is 0.370. The number of anilines is 2. The second-order valence-electron chi connectivity index (χ2n) is 7.20. The molecule has 0 bridgehead atoms. The standard InChI is InChI=1S/C24H19FN5O3/c1-14-3-2-4-16(9-14)29-24(32)30-20-6-5-17(11-19(20)25)33-18-7-8-27-22(12-18)21-10-15(13-28-21)23(26)31/h2-13,26,28H,1H3,(H2,29,30,32). The lowest BCUT2D eigenvalue weighted by molar-refractivity contribution is 0.0992. The van der Waals surface area contributed by atoms with Crippen LogP contribution in [0, 0.1) is 12.7 Å². The first-order valence-corrected chi connectivity index (χ1v) is 9.90. The van der Waals surface area contributed by atoms with Gasteiger partial charge >= 0.3 is 6.03 Å². The molecule has 2 aromatic heterocycles. The van der Waals surface area contributed by atoms with Crippen LogP contribution in [0.5, 0.6) is 11.5 Å². The molecule has 8 nitrogen and oxygen atoms in total. The van der Waals surface area contributed by atoms with Crippen molar-refractivity contribution >= 4 is 23.3 Å². The maximum Gasteiger partial charge on any atom is 0.323 e. The first-order valence-electron chi connectivity index (χ1n) is 9.90. The SMILES string of the molecule is Cc1cccc(NC(=O)Nc2ccc(Oc3ccnc(-c4cc(C([NH])=O)c[nH]4)c3)cc2F)c1. The fourth-order valence-corrected chi connectivity index (χ4v) is 3.10. The highest BCUT2D eigenvalue weighted by molar-refractivity contribution is 5.99. The Balaban J connectivity index is 1.44. The summed E-state index contributed by atoms with van der Waals surface area (Å²) in [5.41, 5.74) is 10.0. The highest BCUT2D eigenvalue weighted by Gasteiger charge is 2.11. The molecular formula is C24H19FN5O3. The Hall–Kier alpha value is -4.66. The van der Waals surface area contributed by atoms with E-state index in [1.54, 1.807) is 24.3 Å². The highest BCUT2D eigenvalue weighted by Crippen LogP contribution is 2.28. The summed E-state index contributed by atoms with van der Waals surface area (Å²) in [5, 5.41) is 5.13. The molecule has 9 heteroatoms. The lowest BCUT2D eigenvalue weighted by Crippen LogP contribution is -2.20. The van der Waals surface area contributed by atoms with Crippen LogP contribution in [-0.2, 0) is 0 Å². The molecular weight excluding hydrogens is 425 g/mol.